The van der Waals surface area contributed by atoms with Crippen molar-refractivity contribution in [3.63, 3.8) is 0 Å². The molecule has 1 spiro atoms. The molecule has 58 heavy (non-hydrogen) atoms. The monoisotopic (exact) mass is 776 g/mol. The average molecular weight is 777 g/mol. The number of hydrogen-bond donors (Lipinski definition) is 0. The quantitative estimate of drug-likeness (QED) is 0.120. The summed E-state index contributed by atoms with van der Waals surface area (Å²) < 4.78 is 22.6. The molecule has 16 rings (SSSR count). The lowest BCUT2D eigenvalue weighted by molar-refractivity contribution is -0.944. The van der Waals surface area contributed by atoms with Gasteiger partial charge in [-0.1, -0.05) is 54.6 Å². The summed E-state index contributed by atoms with van der Waals surface area (Å²) in [4.78, 5) is 0. The number of pyridine rings is 2. The van der Waals surface area contributed by atoms with Crippen molar-refractivity contribution in [2.24, 2.45) is 0 Å². The van der Waals surface area contributed by atoms with Crippen molar-refractivity contribution in [1.82, 2.24) is 8.80 Å². The van der Waals surface area contributed by atoms with Gasteiger partial charge >= 0.3 is 5.66 Å². The van der Waals surface area contributed by atoms with E-state index in [1.54, 1.807) is 0 Å². The van der Waals surface area contributed by atoms with Gasteiger partial charge in [-0.15, -0.1) is 22.7 Å². The van der Waals surface area contributed by atoms with Crippen LogP contribution in [0.25, 0.3) is 106 Å². The molecule has 9 heterocycles. The zero-order valence-electron chi connectivity index (χ0n) is 31.2. The van der Waals surface area contributed by atoms with Crippen molar-refractivity contribution in [1.29, 1.82) is 0 Å². The van der Waals surface area contributed by atoms with Crippen LogP contribution in [0.3, 0.4) is 0 Å². The lowest BCUT2D eigenvalue weighted by Gasteiger charge is -2.30. The predicted octanol–water partition coefficient (Wildman–Crippen LogP) is 12.4. The topological polar surface area (TPSA) is 25.8 Å². The maximum Gasteiger partial charge on any atom is 0.315 e. The van der Waals surface area contributed by atoms with Crippen LogP contribution in [-0.2, 0) is 5.66 Å². The molecule has 268 valence electrons. The van der Waals surface area contributed by atoms with Crippen LogP contribution in [-0.4, -0.2) is 8.80 Å². The number of rotatable bonds is 1. The summed E-state index contributed by atoms with van der Waals surface area (Å²) in [6, 6.07) is 43.3. The molecular weight excluding hydrogens is 749 g/mol. The van der Waals surface area contributed by atoms with Crippen molar-refractivity contribution < 1.29 is 13.9 Å². The largest absolute Gasteiger partial charge is 0.456 e. The summed E-state index contributed by atoms with van der Waals surface area (Å²) in [6.07, 6.45) is 7.11. The first-order valence-corrected chi connectivity index (χ1v) is 21.5. The fraction of sp³-hybridized carbons (Fsp3) is 0.0588. The minimum atomic E-state index is -0.690. The Morgan fingerprint density at radius 1 is 0.534 bits per heavy atom. The van der Waals surface area contributed by atoms with Crippen LogP contribution in [0.15, 0.2) is 134 Å². The Bertz CT molecular complexity index is 4200. The van der Waals surface area contributed by atoms with Gasteiger partial charge in [0.15, 0.2) is 5.69 Å². The van der Waals surface area contributed by atoms with E-state index in [0.717, 1.165) is 11.5 Å². The number of thiophene rings is 2. The summed E-state index contributed by atoms with van der Waals surface area (Å²) in [6.45, 7) is 4.52. The van der Waals surface area contributed by atoms with Crippen molar-refractivity contribution in [2.45, 2.75) is 19.5 Å². The molecule has 0 radical (unpaired) electrons. The van der Waals surface area contributed by atoms with Gasteiger partial charge < -0.3 is 4.74 Å². The smallest absolute Gasteiger partial charge is 0.315 e. The van der Waals surface area contributed by atoms with Gasteiger partial charge in [0.05, 0.1) is 10.8 Å². The van der Waals surface area contributed by atoms with Crippen molar-refractivity contribution >= 4 is 118 Å². The highest BCUT2D eigenvalue weighted by atomic mass is 32.1. The van der Waals surface area contributed by atoms with E-state index in [4.69, 9.17) is 4.74 Å². The molecule has 1 unspecified atom stereocenters. The second-order valence-corrected chi connectivity index (χ2v) is 18.8. The first kappa shape index (κ1) is 29.4. The molecule has 3 aliphatic rings. The van der Waals surface area contributed by atoms with Crippen molar-refractivity contribution in [3.05, 3.63) is 156 Å². The van der Waals surface area contributed by atoms with Gasteiger partial charge in [0.25, 0.3) is 11.3 Å². The molecule has 6 aromatic heterocycles. The lowest BCUT2D eigenvalue weighted by atomic mass is 9.85. The van der Waals surface area contributed by atoms with E-state index in [1.807, 2.05) is 22.7 Å². The summed E-state index contributed by atoms with van der Waals surface area (Å²) in [5, 5.41) is 12.9. The van der Waals surface area contributed by atoms with Crippen LogP contribution in [0.4, 0.5) is 0 Å². The number of nitrogens with zero attached hydrogens (tertiary/aromatic N) is 4. The molecule has 0 saturated carbocycles. The average Bonchev–Trinajstić information content (AvgIpc) is 4.09. The molecule has 13 aromatic rings. The van der Waals surface area contributed by atoms with E-state index in [-0.39, 0.29) is 0 Å². The summed E-state index contributed by atoms with van der Waals surface area (Å²) in [7, 11) is 0. The second-order valence-electron chi connectivity index (χ2n) is 16.6. The third-order valence-corrected chi connectivity index (χ3v) is 16.2. The standard InChI is InChI=1S/C51H28N4OS2/c1-25-8-7-9-26(2)44(25)37-24-54-50-46-30(32-21-34-28-11-4-6-13-41(28)58-43(34)23-36(32)55(37)50)15-17-39-48(46)51(54)47-38(56-39)16-14-29-31-20-33-27-10-3-5-12-40(27)57-42(33)22-35(31)52-18-19-53(51)49(52)45(29)47/h3-24H,1-2H3/q+2. The number of fused-ring (bicyclic) bond motifs is 12. The highest BCUT2D eigenvalue weighted by molar-refractivity contribution is 7.26. The van der Waals surface area contributed by atoms with E-state index in [1.165, 1.54) is 129 Å². The Kier molecular flexibility index (Phi) is 4.73. The summed E-state index contributed by atoms with van der Waals surface area (Å²) >= 11 is 3.77. The van der Waals surface area contributed by atoms with Gasteiger partial charge in [-0.3, -0.25) is 0 Å². The molecule has 0 fully saturated rings. The highest BCUT2D eigenvalue weighted by Gasteiger charge is 2.65. The van der Waals surface area contributed by atoms with Crippen molar-refractivity contribution in [2.75, 3.05) is 0 Å². The van der Waals surface area contributed by atoms with Gasteiger partial charge in [0.1, 0.15) is 52.2 Å². The maximum absolute atomic E-state index is 7.11. The Morgan fingerprint density at radius 3 is 1.81 bits per heavy atom. The molecule has 7 heteroatoms. The highest BCUT2D eigenvalue weighted by Crippen LogP contribution is 2.58. The van der Waals surface area contributed by atoms with E-state index < -0.39 is 5.66 Å². The first-order chi connectivity index (χ1) is 28.6. The number of aromatic nitrogens is 4. The molecule has 0 aliphatic carbocycles. The van der Waals surface area contributed by atoms with Crippen LogP contribution in [0.5, 0.6) is 11.5 Å². The Hall–Kier alpha value is -6.80. The number of imidazole rings is 2. The maximum atomic E-state index is 7.11. The Balaban J connectivity index is 1.13. The number of ether oxygens (including phenoxy) is 1. The lowest BCUT2D eigenvalue weighted by Crippen LogP contribution is -2.71. The second kappa shape index (κ2) is 9.32. The summed E-state index contributed by atoms with van der Waals surface area (Å²) in [5.41, 5.74) is 11.7. The number of benzene rings is 7. The minimum Gasteiger partial charge on any atom is -0.456 e. The number of aryl methyl sites for hydroxylation is 2. The van der Waals surface area contributed by atoms with Gasteiger partial charge in [-0.25, -0.2) is 0 Å². The first-order valence-electron chi connectivity index (χ1n) is 19.9. The molecule has 1 atom stereocenters. The van der Waals surface area contributed by atoms with E-state index in [0.29, 0.717) is 0 Å². The fourth-order valence-electron chi connectivity index (χ4n) is 11.8. The zero-order chi connectivity index (χ0) is 37.5. The molecule has 0 saturated heterocycles. The van der Waals surface area contributed by atoms with Gasteiger partial charge in [0, 0.05) is 79.6 Å². The van der Waals surface area contributed by atoms with Crippen LogP contribution in [0.1, 0.15) is 22.3 Å². The van der Waals surface area contributed by atoms with E-state index in [9.17, 15) is 0 Å². The minimum absolute atomic E-state index is 0.690. The van der Waals surface area contributed by atoms with Gasteiger partial charge in [0.2, 0.25) is 0 Å². The molecule has 0 amide bonds. The van der Waals surface area contributed by atoms with Crippen molar-refractivity contribution in [3.8, 4) is 22.8 Å². The third kappa shape index (κ3) is 2.97. The molecule has 0 N–H and O–H groups in total. The number of hydrogen-bond acceptors (Lipinski definition) is 3. The van der Waals surface area contributed by atoms with Crippen LogP contribution < -0.4 is 13.9 Å². The van der Waals surface area contributed by atoms with Gasteiger partial charge in [-0.05, 0) is 73.5 Å². The molecule has 7 aromatic carbocycles. The van der Waals surface area contributed by atoms with Crippen LogP contribution in [0.2, 0.25) is 0 Å². The Morgan fingerprint density at radius 2 is 1.14 bits per heavy atom. The normalized spacial score (nSPS) is 16.3. The zero-order valence-corrected chi connectivity index (χ0v) is 32.8. The third-order valence-electron chi connectivity index (χ3n) is 14.0. The predicted molar refractivity (Wildman–Crippen MR) is 238 cm³/mol. The molecule has 3 aliphatic heterocycles. The summed E-state index contributed by atoms with van der Waals surface area (Å²) in [5.74, 6) is 1.85. The molecule has 5 nitrogen and oxygen atoms in total. The van der Waals surface area contributed by atoms with Crippen LogP contribution in [0, 0.1) is 13.8 Å². The molecule has 0 bridgehead atoms. The van der Waals surface area contributed by atoms with Gasteiger partial charge in [-0.2, -0.15) is 17.9 Å². The molecular formula is C51H28N4OS2+2. The Labute approximate surface area is 337 Å². The SMILES string of the molecule is Cc1cccc(C)c1-c1c[n+]2c3c4c5c(ccc4c4cc6c(cc4n13)sc1ccccc16)Oc1ccc3c4cc6c(cc4n4cc[n+]7c4c3c1C572)sc1ccccc16. The fourth-order valence-corrected chi connectivity index (χ4v) is 14.0. The van der Waals surface area contributed by atoms with E-state index in [2.05, 4.69) is 166 Å². The van der Waals surface area contributed by atoms with Crippen LogP contribution >= 0.6 is 22.7 Å². The van der Waals surface area contributed by atoms with E-state index >= 15 is 0 Å².